The number of hydrogen-bond donors (Lipinski definition) is 1. The lowest BCUT2D eigenvalue weighted by Gasteiger charge is -2.42. The van der Waals surface area contributed by atoms with Gasteiger partial charge in [-0.15, -0.1) is 0 Å². The smallest absolute Gasteiger partial charge is 0.212 e. The summed E-state index contributed by atoms with van der Waals surface area (Å²) in [7, 11) is -3.15. The van der Waals surface area contributed by atoms with Crippen molar-refractivity contribution in [3.63, 3.8) is 0 Å². The maximum absolute atomic E-state index is 11.9. The third-order valence-electron chi connectivity index (χ3n) is 3.36. The number of hydrogen-bond acceptors (Lipinski definition) is 2. The molecule has 0 bridgehead atoms. The van der Waals surface area contributed by atoms with Crippen molar-refractivity contribution in [1.29, 1.82) is 0 Å². The van der Waals surface area contributed by atoms with Crippen molar-refractivity contribution in [3.05, 3.63) is 35.9 Å². The average Bonchev–Trinajstić information content (AvgIpc) is 2.25. The molecule has 1 saturated carbocycles. The highest BCUT2D eigenvalue weighted by molar-refractivity contribution is 7.89. The van der Waals surface area contributed by atoms with Gasteiger partial charge in [-0.3, -0.25) is 0 Å². The predicted octanol–water partition coefficient (Wildman–Crippen LogP) is 2.40. The number of sulfonamides is 1. The molecule has 0 radical (unpaired) electrons. The summed E-state index contributed by atoms with van der Waals surface area (Å²) in [6, 6.07) is 9.89. The molecule has 0 amide bonds. The van der Waals surface area contributed by atoms with E-state index in [-0.39, 0.29) is 11.3 Å². The van der Waals surface area contributed by atoms with Crippen molar-refractivity contribution >= 4 is 10.0 Å². The van der Waals surface area contributed by atoms with Gasteiger partial charge in [0.25, 0.3) is 0 Å². The molecule has 0 heterocycles. The van der Waals surface area contributed by atoms with E-state index < -0.39 is 10.0 Å². The average molecular weight is 253 g/mol. The van der Waals surface area contributed by atoms with Crippen molar-refractivity contribution in [3.8, 4) is 0 Å². The van der Waals surface area contributed by atoms with Gasteiger partial charge in [-0.05, 0) is 31.2 Å². The Morgan fingerprint density at radius 3 is 2.35 bits per heavy atom. The zero-order valence-electron chi connectivity index (χ0n) is 10.1. The van der Waals surface area contributed by atoms with Gasteiger partial charge in [0.05, 0.1) is 11.3 Å². The van der Waals surface area contributed by atoms with E-state index in [0.29, 0.717) is 6.42 Å². The molecule has 1 aliphatic carbocycles. The molecule has 0 spiro atoms. The van der Waals surface area contributed by atoms with Crippen LogP contribution < -0.4 is 4.72 Å². The molecule has 1 aromatic carbocycles. The Hall–Kier alpha value is -0.870. The molecule has 0 aromatic heterocycles. The fourth-order valence-corrected chi connectivity index (χ4v) is 3.91. The van der Waals surface area contributed by atoms with E-state index in [1.807, 2.05) is 37.3 Å². The van der Waals surface area contributed by atoms with Crippen molar-refractivity contribution in [2.75, 3.05) is 5.75 Å². The minimum Gasteiger partial charge on any atom is -0.212 e. The fraction of sp³-hybridized carbons (Fsp3) is 0.538. The quantitative estimate of drug-likeness (QED) is 0.876. The molecule has 0 saturated heterocycles. The van der Waals surface area contributed by atoms with Crippen LogP contribution in [0.3, 0.4) is 0 Å². The van der Waals surface area contributed by atoms with Crippen LogP contribution in [0, 0.1) is 0 Å². The molecule has 0 aliphatic heterocycles. The largest absolute Gasteiger partial charge is 0.212 e. The van der Waals surface area contributed by atoms with Gasteiger partial charge >= 0.3 is 0 Å². The second-order valence-electron chi connectivity index (χ2n) is 4.72. The first-order valence-corrected chi connectivity index (χ1v) is 7.80. The third kappa shape index (κ3) is 2.69. The highest BCUT2D eigenvalue weighted by Gasteiger charge is 2.41. The maximum atomic E-state index is 11.9. The molecule has 1 N–H and O–H groups in total. The molecule has 1 aromatic rings. The lowest BCUT2D eigenvalue weighted by atomic mass is 9.73. The minimum absolute atomic E-state index is 0.210. The number of benzene rings is 1. The molecular weight excluding hydrogens is 234 g/mol. The topological polar surface area (TPSA) is 46.2 Å². The van der Waals surface area contributed by atoms with E-state index in [1.165, 1.54) is 0 Å². The van der Waals surface area contributed by atoms with Crippen LogP contribution in [0.5, 0.6) is 0 Å². The summed E-state index contributed by atoms with van der Waals surface area (Å²) in [5.74, 6) is 0.210. The van der Waals surface area contributed by atoms with E-state index in [0.717, 1.165) is 24.8 Å². The van der Waals surface area contributed by atoms with Crippen LogP contribution in [-0.4, -0.2) is 14.2 Å². The Balaban J connectivity index is 2.22. The summed E-state index contributed by atoms with van der Waals surface area (Å²) in [5.41, 5.74) is 0.751. The van der Waals surface area contributed by atoms with Crippen molar-refractivity contribution < 1.29 is 8.42 Å². The molecule has 0 unspecified atom stereocenters. The molecule has 2 rings (SSSR count). The normalized spacial score (nSPS) is 18.6. The first-order chi connectivity index (χ1) is 8.08. The van der Waals surface area contributed by atoms with Crippen molar-refractivity contribution in [2.24, 2.45) is 0 Å². The monoisotopic (exact) mass is 253 g/mol. The van der Waals surface area contributed by atoms with Crippen LogP contribution in [0.15, 0.2) is 30.3 Å². The van der Waals surface area contributed by atoms with E-state index in [9.17, 15) is 8.42 Å². The Bertz CT molecular complexity index is 463. The number of rotatable bonds is 5. The third-order valence-corrected chi connectivity index (χ3v) is 5.00. The fourth-order valence-electron chi connectivity index (χ4n) is 2.35. The first kappa shape index (κ1) is 12.6. The van der Waals surface area contributed by atoms with Crippen molar-refractivity contribution in [2.45, 2.75) is 38.1 Å². The molecule has 0 atom stereocenters. The lowest BCUT2D eigenvalue weighted by molar-refractivity contribution is 0.224. The maximum Gasteiger partial charge on any atom is 0.212 e. The zero-order chi connectivity index (χ0) is 12.4. The van der Waals surface area contributed by atoms with E-state index in [1.54, 1.807) is 0 Å². The van der Waals surface area contributed by atoms with Gasteiger partial charge in [-0.2, -0.15) is 0 Å². The highest BCUT2D eigenvalue weighted by atomic mass is 32.2. The molecule has 94 valence electrons. The summed E-state index contributed by atoms with van der Waals surface area (Å²) < 4.78 is 26.7. The first-order valence-electron chi connectivity index (χ1n) is 6.15. The zero-order valence-corrected chi connectivity index (χ0v) is 11.0. The van der Waals surface area contributed by atoms with Crippen LogP contribution in [0.1, 0.15) is 38.2 Å². The highest BCUT2D eigenvalue weighted by Crippen LogP contribution is 2.41. The Morgan fingerprint density at radius 1 is 1.24 bits per heavy atom. The molecule has 1 fully saturated rings. The standard InChI is InChI=1S/C13H19NO2S/c1-2-11-17(15,16)14-13(9-6-10-13)12-7-4-3-5-8-12/h3-5,7-8,14H,2,6,9-11H2,1H3. The molecule has 3 nitrogen and oxygen atoms in total. The van der Waals surface area contributed by atoms with Crippen LogP contribution in [0.4, 0.5) is 0 Å². The van der Waals surface area contributed by atoms with Gasteiger partial charge in [0.2, 0.25) is 10.0 Å². The second kappa shape index (κ2) is 4.78. The van der Waals surface area contributed by atoms with Gasteiger partial charge in [-0.1, -0.05) is 37.3 Å². The molecular formula is C13H19NO2S. The Labute approximate surface area is 103 Å². The van der Waals surface area contributed by atoms with E-state index in [2.05, 4.69) is 4.72 Å². The summed E-state index contributed by atoms with van der Waals surface area (Å²) in [4.78, 5) is 0. The Kier molecular flexibility index (Phi) is 3.54. The Morgan fingerprint density at radius 2 is 1.88 bits per heavy atom. The van der Waals surface area contributed by atoms with Crippen LogP contribution >= 0.6 is 0 Å². The minimum atomic E-state index is -3.15. The predicted molar refractivity (Wildman–Crippen MR) is 69.2 cm³/mol. The molecule has 1 aliphatic rings. The summed E-state index contributed by atoms with van der Waals surface area (Å²) in [6.45, 7) is 1.88. The van der Waals surface area contributed by atoms with Gasteiger partial charge in [0.1, 0.15) is 0 Å². The van der Waals surface area contributed by atoms with E-state index in [4.69, 9.17) is 0 Å². The van der Waals surface area contributed by atoms with Gasteiger partial charge in [0, 0.05) is 0 Å². The molecule has 17 heavy (non-hydrogen) atoms. The summed E-state index contributed by atoms with van der Waals surface area (Å²) >= 11 is 0. The number of nitrogens with one attached hydrogen (secondary N) is 1. The SMILES string of the molecule is CCCS(=O)(=O)NC1(c2ccccc2)CCC1. The van der Waals surface area contributed by atoms with Crippen LogP contribution in [-0.2, 0) is 15.6 Å². The van der Waals surface area contributed by atoms with E-state index >= 15 is 0 Å². The lowest BCUT2D eigenvalue weighted by Crippen LogP contribution is -2.51. The summed E-state index contributed by atoms with van der Waals surface area (Å²) in [5, 5.41) is 0. The van der Waals surface area contributed by atoms with Gasteiger partial charge in [-0.25, -0.2) is 13.1 Å². The van der Waals surface area contributed by atoms with Crippen LogP contribution in [0.25, 0.3) is 0 Å². The van der Waals surface area contributed by atoms with Gasteiger partial charge in [0.15, 0.2) is 0 Å². The summed E-state index contributed by atoms with van der Waals surface area (Å²) in [6.07, 6.45) is 3.55. The van der Waals surface area contributed by atoms with Crippen molar-refractivity contribution in [1.82, 2.24) is 4.72 Å². The second-order valence-corrected chi connectivity index (χ2v) is 6.56. The van der Waals surface area contributed by atoms with Gasteiger partial charge < -0.3 is 0 Å². The molecule has 4 heteroatoms. The van der Waals surface area contributed by atoms with Crippen LogP contribution in [0.2, 0.25) is 0 Å².